The Morgan fingerprint density at radius 2 is 1.83 bits per heavy atom. The predicted octanol–water partition coefficient (Wildman–Crippen LogP) is 5.35. The van der Waals surface area contributed by atoms with Gasteiger partial charge >= 0.3 is 5.97 Å². The molecule has 2 aliphatic heterocycles. The molecule has 6 rings (SSSR count). The molecule has 200 valence electrons. The van der Waals surface area contributed by atoms with E-state index in [-0.39, 0.29) is 5.41 Å². The molecule has 2 bridgehead atoms. The van der Waals surface area contributed by atoms with Crippen LogP contribution in [0.2, 0.25) is 0 Å². The van der Waals surface area contributed by atoms with Gasteiger partial charge in [0.15, 0.2) is 0 Å². The Bertz CT molecular complexity index is 1050. The number of carboxylic acid groups (broad SMARTS) is 1. The zero-order valence-electron chi connectivity index (χ0n) is 22.9. The standard InChI is InChI=1S/C30H44O6/c1-18(2)9-8-10-19(24(33)34)23-20(31)17-28(7)27(23,6)13-11-21-26(5)14-12-22(32)25(3,4)30(26)16-15-29(21,28)35-36-30/h9,11,15-16,19-20,22-23,31-32H,8,10,12-14,17H2,1-7H3,(H,33,34). The molecule has 0 aromatic heterocycles. The summed E-state index contributed by atoms with van der Waals surface area (Å²) in [5.41, 5.74) is -1.32. The van der Waals surface area contributed by atoms with Crippen LogP contribution in [0.1, 0.15) is 87.0 Å². The smallest absolute Gasteiger partial charge is 0.306 e. The summed E-state index contributed by atoms with van der Waals surface area (Å²) in [6.45, 7) is 14.7. The molecule has 2 saturated carbocycles. The first-order valence-electron chi connectivity index (χ1n) is 13.6. The maximum atomic E-state index is 12.6. The molecule has 0 aromatic rings. The van der Waals surface area contributed by atoms with E-state index in [1.807, 2.05) is 13.8 Å². The highest BCUT2D eigenvalue weighted by Crippen LogP contribution is 2.77. The quantitative estimate of drug-likeness (QED) is 0.348. The molecule has 9 atom stereocenters. The highest BCUT2D eigenvalue weighted by molar-refractivity contribution is 5.71. The average molecular weight is 501 g/mol. The summed E-state index contributed by atoms with van der Waals surface area (Å²) in [4.78, 5) is 25.5. The van der Waals surface area contributed by atoms with Crippen LogP contribution in [0.15, 0.2) is 35.5 Å². The normalized spacial score (nSPS) is 48.9. The van der Waals surface area contributed by atoms with Crippen molar-refractivity contribution in [3.8, 4) is 0 Å². The fraction of sp³-hybridized carbons (Fsp3) is 0.767. The van der Waals surface area contributed by atoms with Crippen molar-refractivity contribution in [3.05, 3.63) is 35.5 Å². The highest BCUT2D eigenvalue weighted by Gasteiger charge is 2.80. The lowest BCUT2D eigenvalue weighted by molar-refractivity contribution is -0.483. The molecule has 0 radical (unpaired) electrons. The van der Waals surface area contributed by atoms with Crippen molar-refractivity contribution in [2.75, 3.05) is 0 Å². The lowest BCUT2D eigenvalue weighted by atomic mass is 9.39. The Balaban J connectivity index is 1.62. The van der Waals surface area contributed by atoms with Crippen molar-refractivity contribution in [2.24, 2.45) is 33.5 Å². The van der Waals surface area contributed by atoms with E-state index in [9.17, 15) is 20.1 Å². The molecule has 6 nitrogen and oxygen atoms in total. The summed E-state index contributed by atoms with van der Waals surface area (Å²) in [7, 11) is 0. The SMILES string of the molecule is CC(C)=CCCC(C(=O)O)C1C(O)CC2(C)C34C=CC5(OO3)C(C)(CCC(O)C5(C)C)C4=CCC12C. The molecule has 36 heavy (non-hydrogen) atoms. The summed E-state index contributed by atoms with van der Waals surface area (Å²) in [6.07, 6.45) is 11.1. The van der Waals surface area contributed by atoms with Gasteiger partial charge in [-0.25, -0.2) is 9.78 Å². The molecule has 9 unspecified atom stereocenters. The first-order chi connectivity index (χ1) is 16.6. The lowest BCUT2D eigenvalue weighted by Gasteiger charge is -2.72. The molecule has 3 fully saturated rings. The van der Waals surface area contributed by atoms with E-state index in [2.05, 4.69) is 58.9 Å². The minimum Gasteiger partial charge on any atom is -0.481 e. The Morgan fingerprint density at radius 3 is 2.42 bits per heavy atom. The van der Waals surface area contributed by atoms with Crippen LogP contribution in [0, 0.1) is 33.5 Å². The third kappa shape index (κ3) is 2.80. The minimum absolute atomic E-state index is 0.369. The Hall–Kier alpha value is -1.47. The number of rotatable bonds is 5. The summed E-state index contributed by atoms with van der Waals surface area (Å²) < 4.78 is 0. The molecule has 2 spiro atoms. The molecule has 2 heterocycles. The van der Waals surface area contributed by atoms with Gasteiger partial charge in [-0.3, -0.25) is 4.79 Å². The van der Waals surface area contributed by atoms with Crippen molar-refractivity contribution in [3.63, 3.8) is 0 Å². The summed E-state index contributed by atoms with van der Waals surface area (Å²) in [6, 6.07) is 0. The first-order valence-corrected chi connectivity index (χ1v) is 13.6. The number of carbonyl (C=O) groups is 1. The second kappa shape index (κ2) is 7.78. The molecule has 0 aromatic carbocycles. The molecule has 6 aliphatic rings. The van der Waals surface area contributed by atoms with Gasteiger partial charge in [0.2, 0.25) is 0 Å². The van der Waals surface area contributed by atoms with E-state index in [0.717, 1.165) is 6.42 Å². The molecular weight excluding hydrogens is 456 g/mol. The van der Waals surface area contributed by atoms with E-state index >= 15 is 0 Å². The van der Waals surface area contributed by atoms with Crippen LogP contribution in [0.5, 0.6) is 0 Å². The number of carboxylic acids is 1. The Labute approximate surface area is 215 Å². The monoisotopic (exact) mass is 500 g/mol. The van der Waals surface area contributed by atoms with Crippen LogP contribution < -0.4 is 0 Å². The van der Waals surface area contributed by atoms with Crippen LogP contribution in [-0.2, 0) is 14.6 Å². The van der Waals surface area contributed by atoms with Crippen LogP contribution >= 0.6 is 0 Å². The van der Waals surface area contributed by atoms with Gasteiger partial charge in [0.25, 0.3) is 0 Å². The van der Waals surface area contributed by atoms with Gasteiger partial charge in [0.05, 0.1) is 18.1 Å². The van der Waals surface area contributed by atoms with Crippen LogP contribution in [0.25, 0.3) is 0 Å². The molecule has 0 amide bonds. The highest BCUT2D eigenvalue weighted by atomic mass is 17.2. The number of aliphatic carboxylic acids is 1. The van der Waals surface area contributed by atoms with Crippen molar-refractivity contribution in [1.29, 1.82) is 0 Å². The van der Waals surface area contributed by atoms with E-state index in [1.165, 1.54) is 11.1 Å². The Kier molecular flexibility index (Phi) is 5.65. The van der Waals surface area contributed by atoms with E-state index in [0.29, 0.717) is 32.1 Å². The van der Waals surface area contributed by atoms with Gasteiger partial charge in [-0.05, 0) is 75.5 Å². The van der Waals surface area contributed by atoms with Gasteiger partial charge in [-0.1, -0.05) is 52.3 Å². The van der Waals surface area contributed by atoms with E-state index in [1.54, 1.807) is 0 Å². The number of aliphatic hydroxyl groups is 2. The minimum atomic E-state index is -0.881. The second-order valence-corrected chi connectivity index (χ2v) is 13.8. The van der Waals surface area contributed by atoms with Crippen LogP contribution in [0.3, 0.4) is 0 Å². The number of hydrogen-bond donors (Lipinski definition) is 3. The molecule has 6 heteroatoms. The topological polar surface area (TPSA) is 96.2 Å². The number of hydrogen-bond acceptors (Lipinski definition) is 5. The fourth-order valence-corrected chi connectivity index (χ4v) is 9.32. The lowest BCUT2D eigenvalue weighted by Crippen LogP contribution is -2.76. The number of fused-ring (bicyclic) bond motifs is 2. The van der Waals surface area contributed by atoms with E-state index in [4.69, 9.17) is 9.78 Å². The number of aliphatic hydroxyl groups excluding tert-OH is 2. The maximum Gasteiger partial charge on any atom is 0.306 e. The molecular formula is C30H44O6. The van der Waals surface area contributed by atoms with Crippen LogP contribution in [-0.4, -0.2) is 44.7 Å². The summed E-state index contributed by atoms with van der Waals surface area (Å²) in [5.74, 6) is -1.89. The maximum absolute atomic E-state index is 12.6. The third-order valence-corrected chi connectivity index (χ3v) is 11.7. The first kappa shape index (κ1) is 26.1. The number of allylic oxidation sites excluding steroid dienone is 3. The second-order valence-electron chi connectivity index (χ2n) is 13.8. The van der Waals surface area contributed by atoms with Crippen molar-refractivity contribution >= 4 is 5.97 Å². The molecule has 1 saturated heterocycles. The van der Waals surface area contributed by atoms with Crippen molar-refractivity contribution in [1.82, 2.24) is 0 Å². The molecule has 3 N–H and O–H groups in total. The Morgan fingerprint density at radius 1 is 1.14 bits per heavy atom. The fourth-order valence-electron chi connectivity index (χ4n) is 9.32. The van der Waals surface area contributed by atoms with Gasteiger partial charge in [-0.15, -0.1) is 0 Å². The zero-order chi connectivity index (χ0) is 26.5. The molecule has 4 aliphatic carbocycles. The van der Waals surface area contributed by atoms with Crippen molar-refractivity contribution in [2.45, 2.75) is 110 Å². The van der Waals surface area contributed by atoms with Gasteiger partial charge in [-0.2, -0.15) is 0 Å². The van der Waals surface area contributed by atoms with Gasteiger partial charge in [0, 0.05) is 22.2 Å². The summed E-state index contributed by atoms with van der Waals surface area (Å²) in [5, 5.41) is 32.8. The van der Waals surface area contributed by atoms with Crippen molar-refractivity contribution < 1.29 is 29.9 Å². The zero-order valence-corrected chi connectivity index (χ0v) is 22.9. The summed E-state index contributed by atoms with van der Waals surface area (Å²) >= 11 is 0. The average Bonchev–Trinajstić information content (AvgIpc) is 3.00. The van der Waals surface area contributed by atoms with Gasteiger partial charge < -0.3 is 15.3 Å². The van der Waals surface area contributed by atoms with Crippen LogP contribution in [0.4, 0.5) is 0 Å². The van der Waals surface area contributed by atoms with Gasteiger partial charge in [0.1, 0.15) is 11.2 Å². The van der Waals surface area contributed by atoms with E-state index < -0.39 is 57.5 Å². The predicted molar refractivity (Wildman–Crippen MR) is 137 cm³/mol. The third-order valence-electron chi connectivity index (χ3n) is 11.7. The largest absolute Gasteiger partial charge is 0.481 e.